The van der Waals surface area contributed by atoms with Crippen molar-refractivity contribution in [2.75, 3.05) is 13.7 Å². The molecule has 4 heterocycles. The number of aromatic nitrogens is 3. The molecule has 0 aromatic carbocycles. The lowest BCUT2D eigenvalue weighted by atomic mass is 10.0. The number of rotatable bonds is 1. The molecule has 0 saturated heterocycles. The highest BCUT2D eigenvalue weighted by molar-refractivity contribution is 7.22. The first-order valence-electron chi connectivity index (χ1n) is 6.98. The fourth-order valence-corrected chi connectivity index (χ4v) is 3.81. The van der Waals surface area contributed by atoms with Crippen LogP contribution in [0.3, 0.4) is 0 Å². The van der Waals surface area contributed by atoms with Gasteiger partial charge in [0.05, 0.1) is 24.6 Å². The van der Waals surface area contributed by atoms with Crippen molar-refractivity contribution >= 4 is 21.4 Å². The molecule has 3 aromatic rings. The molecule has 0 fully saturated rings. The molecule has 1 aliphatic rings. The number of aliphatic hydroxyl groups is 1. The predicted molar refractivity (Wildman–Crippen MR) is 86.2 cm³/mol. The van der Waals surface area contributed by atoms with E-state index < -0.39 is 0 Å². The second kappa shape index (κ2) is 6.04. The Morgan fingerprint density at radius 1 is 1.45 bits per heavy atom. The molecule has 6 nitrogen and oxygen atoms in total. The van der Waals surface area contributed by atoms with Crippen LogP contribution in [0.2, 0.25) is 0 Å². The molecule has 7 heteroatoms. The number of thiophene rings is 1. The average molecular weight is 319 g/mol. The van der Waals surface area contributed by atoms with Crippen LogP contribution >= 0.6 is 11.3 Å². The van der Waals surface area contributed by atoms with Crippen LogP contribution in [0.1, 0.15) is 24.3 Å². The summed E-state index contributed by atoms with van der Waals surface area (Å²) in [7, 11) is 1.00. The topological polar surface area (TPSA) is 91.0 Å². The molecule has 0 saturated carbocycles. The molecule has 0 amide bonds. The molecule has 1 unspecified atom stereocenters. The molecule has 0 aliphatic carbocycles. The number of aromatic amines is 2. The molecule has 1 aliphatic heterocycles. The molecule has 22 heavy (non-hydrogen) atoms. The van der Waals surface area contributed by atoms with Crippen molar-refractivity contribution in [2.45, 2.75) is 19.4 Å². The minimum atomic E-state index is -0.0480. The van der Waals surface area contributed by atoms with Gasteiger partial charge in [0.1, 0.15) is 4.70 Å². The first-order chi connectivity index (χ1) is 10.7. The van der Waals surface area contributed by atoms with Gasteiger partial charge in [-0.15, -0.1) is 11.3 Å². The van der Waals surface area contributed by atoms with E-state index >= 15 is 0 Å². The Morgan fingerprint density at radius 3 is 3.00 bits per heavy atom. The number of hydrogen-bond donors (Lipinski definition) is 3. The SMILES string of the molecule is CC1OCCc2c1[nH]c(=O)c1sc(-c3cn[nH]c3)cc21.CO. The number of fused-ring (bicyclic) bond motifs is 3. The fraction of sp³-hybridized carbons (Fsp3) is 0.333. The van der Waals surface area contributed by atoms with Crippen molar-refractivity contribution in [3.8, 4) is 10.4 Å². The van der Waals surface area contributed by atoms with Gasteiger partial charge in [0.2, 0.25) is 0 Å². The van der Waals surface area contributed by atoms with E-state index in [9.17, 15) is 4.79 Å². The number of H-pyrrole nitrogens is 2. The number of hydrogen-bond acceptors (Lipinski definition) is 5. The second-order valence-electron chi connectivity index (χ2n) is 4.95. The first-order valence-corrected chi connectivity index (χ1v) is 7.80. The Bertz CT molecular complexity index is 836. The van der Waals surface area contributed by atoms with Crippen LogP contribution in [0.15, 0.2) is 23.3 Å². The molecule has 4 rings (SSSR count). The molecule has 3 N–H and O–H groups in total. The van der Waals surface area contributed by atoms with E-state index in [-0.39, 0.29) is 11.7 Å². The third kappa shape index (κ3) is 2.37. The van der Waals surface area contributed by atoms with Crippen molar-refractivity contribution < 1.29 is 9.84 Å². The van der Waals surface area contributed by atoms with Gasteiger partial charge in [-0.05, 0) is 25.0 Å². The Labute approximate surface area is 130 Å². The number of aliphatic hydroxyl groups excluding tert-OH is 1. The van der Waals surface area contributed by atoms with Crippen LogP contribution in [-0.2, 0) is 11.2 Å². The summed E-state index contributed by atoms with van der Waals surface area (Å²) in [6.07, 6.45) is 4.41. The minimum Gasteiger partial charge on any atom is -0.400 e. The smallest absolute Gasteiger partial charge is 0.266 e. The number of pyridine rings is 1. The summed E-state index contributed by atoms with van der Waals surface area (Å²) in [5, 5.41) is 14.8. The standard InChI is InChI=1S/C14H13N3O2S.CH4O/c1-7-12-9(2-3-19-7)10-4-11(8-5-15-16-6-8)20-13(10)14(18)17-12;1-2/h4-7H,2-3H2,1H3,(H,15,16)(H,17,18);2H,1H3. The summed E-state index contributed by atoms with van der Waals surface area (Å²) in [6, 6.07) is 2.09. The molecule has 0 radical (unpaired) electrons. The van der Waals surface area contributed by atoms with E-state index in [1.54, 1.807) is 6.20 Å². The van der Waals surface area contributed by atoms with Gasteiger partial charge in [-0.3, -0.25) is 9.89 Å². The third-order valence-corrected chi connectivity index (χ3v) is 4.93. The molecule has 0 bridgehead atoms. The van der Waals surface area contributed by atoms with E-state index in [1.165, 1.54) is 16.9 Å². The average Bonchev–Trinajstić information content (AvgIpc) is 3.20. The molecule has 0 spiro atoms. The van der Waals surface area contributed by atoms with Gasteiger partial charge in [-0.2, -0.15) is 5.10 Å². The zero-order valence-electron chi connectivity index (χ0n) is 12.3. The molecular formula is C15H17N3O3S. The van der Waals surface area contributed by atoms with Crippen LogP contribution < -0.4 is 5.56 Å². The van der Waals surface area contributed by atoms with E-state index in [0.717, 1.165) is 39.8 Å². The fourth-order valence-electron chi connectivity index (χ4n) is 2.75. The highest BCUT2D eigenvalue weighted by Gasteiger charge is 2.22. The Kier molecular flexibility index (Phi) is 4.10. The van der Waals surface area contributed by atoms with Gasteiger partial charge in [0, 0.05) is 29.1 Å². The maximum atomic E-state index is 12.3. The van der Waals surface area contributed by atoms with Gasteiger partial charge >= 0.3 is 0 Å². The summed E-state index contributed by atoms with van der Waals surface area (Å²) in [5.41, 5.74) is 3.12. The second-order valence-corrected chi connectivity index (χ2v) is 6.00. The van der Waals surface area contributed by atoms with Crippen LogP contribution in [0.4, 0.5) is 0 Å². The van der Waals surface area contributed by atoms with E-state index in [1.807, 2.05) is 13.1 Å². The van der Waals surface area contributed by atoms with Crippen LogP contribution in [0.25, 0.3) is 20.5 Å². The highest BCUT2D eigenvalue weighted by Crippen LogP contribution is 2.36. The van der Waals surface area contributed by atoms with E-state index in [0.29, 0.717) is 6.61 Å². The van der Waals surface area contributed by atoms with Crippen molar-refractivity contribution in [3.05, 3.63) is 40.1 Å². The Morgan fingerprint density at radius 2 is 2.27 bits per heavy atom. The molecule has 116 valence electrons. The normalized spacial score (nSPS) is 17.0. The van der Waals surface area contributed by atoms with Gasteiger partial charge < -0.3 is 14.8 Å². The van der Waals surface area contributed by atoms with Gasteiger partial charge in [-0.25, -0.2) is 0 Å². The number of ether oxygens (including phenoxy) is 1. The van der Waals surface area contributed by atoms with Crippen molar-refractivity contribution in [1.82, 2.24) is 15.2 Å². The first kappa shape index (κ1) is 15.0. The highest BCUT2D eigenvalue weighted by atomic mass is 32.1. The van der Waals surface area contributed by atoms with E-state index in [4.69, 9.17) is 9.84 Å². The maximum absolute atomic E-state index is 12.3. The monoisotopic (exact) mass is 319 g/mol. The lowest BCUT2D eigenvalue weighted by Crippen LogP contribution is -2.20. The minimum absolute atomic E-state index is 0.0316. The van der Waals surface area contributed by atoms with Gasteiger partial charge in [0.25, 0.3) is 5.56 Å². The zero-order chi connectivity index (χ0) is 15.7. The van der Waals surface area contributed by atoms with Crippen LogP contribution in [0.5, 0.6) is 0 Å². The lowest BCUT2D eigenvalue weighted by molar-refractivity contribution is 0.0524. The van der Waals surface area contributed by atoms with Gasteiger partial charge in [0.15, 0.2) is 0 Å². The van der Waals surface area contributed by atoms with Crippen molar-refractivity contribution in [2.24, 2.45) is 0 Å². The quantitative estimate of drug-likeness (QED) is 0.641. The summed E-state index contributed by atoms with van der Waals surface area (Å²) < 4.78 is 6.39. The number of nitrogens with one attached hydrogen (secondary N) is 2. The summed E-state index contributed by atoms with van der Waals surface area (Å²) in [5.74, 6) is 0. The van der Waals surface area contributed by atoms with Crippen LogP contribution in [0, 0.1) is 0 Å². The largest absolute Gasteiger partial charge is 0.400 e. The molecule has 3 aromatic heterocycles. The zero-order valence-corrected chi connectivity index (χ0v) is 13.2. The Hall–Kier alpha value is -1.96. The van der Waals surface area contributed by atoms with Crippen molar-refractivity contribution in [3.63, 3.8) is 0 Å². The Balaban J connectivity index is 0.000000693. The molecular weight excluding hydrogens is 302 g/mol. The van der Waals surface area contributed by atoms with Crippen LogP contribution in [-0.4, -0.2) is 34.0 Å². The van der Waals surface area contributed by atoms with E-state index in [2.05, 4.69) is 21.2 Å². The maximum Gasteiger partial charge on any atom is 0.266 e. The lowest BCUT2D eigenvalue weighted by Gasteiger charge is -2.22. The van der Waals surface area contributed by atoms with Crippen molar-refractivity contribution in [1.29, 1.82) is 0 Å². The third-order valence-electron chi connectivity index (χ3n) is 3.75. The number of nitrogens with zero attached hydrogens (tertiary/aromatic N) is 1. The van der Waals surface area contributed by atoms with Gasteiger partial charge in [-0.1, -0.05) is 0 Å². The summed E-state index contributed by atoms with van der Waals surface area (Å²) >= 11 is 1.51. The predicted octanol–water partition coefficient (Wildman–Crippen LogP) is 2.22. The molecule has 1 atom stereocenters. The summed E-state index contributed by atoms with van der Waals surface area (Å²) in [4.78, 5) is 16.3. The summed E-state index contributed by atoms with van der Waals surface area (Å²) in [6.45, 7) is 2.68.